The molecule has 0 radical (unpaired) electrons. The molecule has 3 atom stereocenters. The molecule has 0 aliphatic heterocycles. The summed E-state index contributed by atoms with van der Waals surface area (Å²) in [6, 6.07) is 0.102. The number of carboxylic acid groups (broad SMARTS) is 1. The van der Waals surface area contributed by atoms with Gasteiger partial charge >= 0.3 is 5.97 Å². The third-order valence-corrected chi connectivity index (χ3v) is 3.87. The SMILES string of the molecule is CSCCC(C)NC(=O)C1CC=CCC1C(=O)O. The number of allylic oxidation sites excluding steroid dienone is 2. The second kappa shape index (κ2) is 7.46. The first kappa shape index (κ1) is 15.1. The lowest BCUT2D eigenvalue weighted by atomic mass is 9.82. The molecule has 0 saturated carbocycles. The number of nitrogens with one attached hydrogen (secondary N) is 1. The lowest BCUT2D eigenvalue weighted by Gasteiger charge is -2.26. The highest BCUT2D eigenvalue weighted by atomic mass is 32.2. The molecule has 1 amide bonds. The Labute approximate surface area is 112 Å². The highest BCUT2D eigenvalue weighted by Gasteiger charge is 2.34. The summed E-state index contributed by atoms with van der Waals surface area (Å²) in [5.41, 5.74) is 0. The molecule has 0 aromatic carbocycles. The van der Waals surface area contributed by atoms with Gasteiger partial charge in [-0.2, -0.15) is 11.8 Å². The highest BCUT2D eigenvalue weighted by Crippen LogP contribution is 2.26. The van der Waals surface area contributed by atoms with Crippen molar-refractivity contribution in [3.05, 3.63) is 12.2 Å². The van der Waals surface area contributed by atoms with Crippen molar-refractivity contribution in [2.24, 2.45) is 11.8 Å². The quantitative estimate of drug-likeness (QED) is 0.724. The Kier molecular flexibility index (Phi) is 6.25. The van der Waals surface area contributed by atoms with E-state index in [0.29, 0.717) is 12.8 Å². The van der Waals surface area contributed by atoms with Crippen LogP contribution in [-0.4, -0.2) is 35.0 Å². The smallest absolute Gasteiger partial charge is 0.307 e. The second-order valence-electron chi connectivity index (χ2n) is 4.69. The molecule has 1 aliphatic carbocycles. The van der Waals surface area contributed by atoms with E-state index in [0.717, 1.165) is 12.2 Å². The normalized spacial score (nSPS) is 24.6. The molecule has 0 spiro atoms. The minimum Gasteiger partial charge on any atom is -0.481 e. The number of aliphatic carboxylic acids is 1. The van der Waals surface area contributed by atoms with Crippen LogP contribution in [0.2, 0.25) is 0 Å². The van der Waals surface area contributed by atoms with Gasteiger partial charge in [-0.3, -0.25) is 9.59 Å². The minimum absolute atomic E-state index is 0.102. The fourth-order valence-electron chi connectivity index (χ4n) is 2.09. The Morgan fingerprint density at radius 2 is 2.00 bits per heavy atom. The van der Waals surface area contributed by atoms with Crippen LogP contribution in [0.3, 0.4) is 0 Å². The molecule has 0 fully saturated rings. The van der Waals surface area contributed by atoms with Crippen molar-refractivity contribution in [3.63, 3.8) is 0 Å². The van der Waals surface area contributed by atoms with Gasteiger partial charge in [-0.05, 0) is 38.2 Å². The summed E-state index contributed by atoms with van der Waals surface area (Å²) in [5.74, 6) is -1.02. The van der Waals surface area contributed by atoms with Crippen LogP contribution in [0.5, 0.6) is 0 Å². The molecule has 2 N–H and O–H groups in total. The van der Waals surface area contributed by atoms with Crippen molar-refractivity contribution in [2.45, 2.75) is 32.2 Å². The lowest BCUT2D eigenvalue weighted by Crippen LogP contribution is -2.42. The van der Waals surface area contributed by atoms with Crippen LogP contribution in [0.1, 0.15) is 26.2 Å². The van der Waals surface area contributed by atoms with Crippen LogP contribution >= 0.6 is 11.8 Å². The molecule has 0 heterocycles. The Bertz CT molecular complexity index is 330. The van der Waals surface area contributed by atoms with E-state index in [2.05, 4.69) is 5.32 Å². The molecule has 18 heavy (non-hydrogen) atoms. The first-order valence-electron chi connectivity index (χ1n) is 6.23. The summed E-state index contributed by atoms with van der Waals surface area (Å²) in [4.78, 5) is 23.2. The predicted molar refractivity (Wildman–Crippen MR) is 73.6 cm³/mol. The molecule has 1 aliphatic rings. The van der Waals surface area contributed by atoms with Gasteiger partial charge in [0, 0.05) is 6.04 Å². The standard InChI is InChI=1S/C13H21NO3S/c1-9(7-8-18-2)14-12(15)10-5-3-4-6-11(10)13(16)17/h3-4,9-11H,5-8H2,1-2H3,(H,14,15)(H,16,17). The minimum atomic E-state index is -0.878. The first-order chi connectivity index (χ1) is 8.56. The van der Waals surface area contributed by atoms with Crippen LogP contribution in [0, 0.1) is 11.8 Å². The summed E-state index contributed by atoms with van der Waals surface area (Å²) in [6.07, 6.45) is 7.66. The number of rotatable bonds is 6. The predicted octanol–water partition coefficient (Wildman–Crippen LogP) is 1.91. The van der Waals surface area contributed by atoms with Crippen molar-refractivity contribution < 1.29 is 14.7 Å². The van der Waals surface area contributed by atoms with Crippen molar-refractivity contribution in [1.82, 2.24) is 5.32 Å². The maximum atomic E-state index is 12.1. The molecular formula is C13H21NO3S. The molecule has 1 rings (SSSR count). The first-order valence-corrected chi connectivity index (χ1v) is 7.62. The van der Waals surface area contributed by atoms with Crippen LogP contribution < -0.4 is 5.32 Å². The summed E-state index contributed by atoms with van der Waals surface area (Å²) in [7, 11) is 0. The van der Waals surface area contributed by atoms with Crippen molar-refractivity contribution >= 4 is 23.6 Å². The summed E-state index contributed by atoms with van der Waals surface area (Å²) < 4.78 is 0. The molecule has 5 heteroatoms. The van der Waals surface area contributed by atoms with Gasteiger partial charge in [0.1, 0.15) is 0 Å². The number of hydrogen-bond acceptors (Lipinski definition) is 3. The fraction of sp³-hybridized carbons (Fsp3) is 0.692. The van der Waals surface area contributed by atoms with E-state index >= 15 is 0 Å². The zero-order valence-corrected chi connectivity index (χ0v) is 11.7. The molecule has 3 unspecified atom stereocenters. The van der Waals surface area contributed by atoms with Gasteiger partial charge in [0.25, 0.3) is 0 Å². The van der Waals surface area contributed by atoms with Gasteiger partial charge < -0.3 is 10.4 Å². The third kappa shape index (κ3) is 4.37. The Morgan fingerprint density at radius 1 is 1.39 bits per heavy atom. The highest BCUT2D eigenvalue weighted by molar-refractivity contribution is 7.98. The molecule has 0 aromatic rings. The monoisotopic (exact) mass is 271 g/mol. The second-order valence-corrected chi connectivity index (χ2v) is 5.67. The maximum absolute atomic E-state index is 12.1. The van der Waals surface area contributed by atoms with Gasteiger partial charge in [0.05, 0.1) is 11.8 Å². The van der Waals surface area contributed by atoms with Gasteiger partial charge in [0.2, 0.25) is 5.91 Å². The molecule has 0 aromatic heterocycles. The zero-order chi connectivity index (χ0) is 13.5. The van der Waals surface area contributed by atoms with E-state index in [1.54, 1.807) is 11.8 Å². The van der Waals surface area contributed by atoms with Crippen molar-refractivity contribution in [1.29, 1.82) is 0 Å². The van der Waals surface area contributed by atoms with Crippen LogP contribution in [0.4, 0.5) is 0 Å². The Hall–Kier alpha value is -0.970. The number of carboxylic acids is 1. The molecule has 4 nitrogen and oxygen atoms in total. The van der Waals surface area contributed by atoms with E-state index in [9.17, 15) is 9.59 Å². The number of thioether (sulfide) groups is 1. The van der Waals surface area contributed by atoms with Gasteiger partial charge in [-0.1, -0.05) is 12.2 Å². The fourth-order valence-corrected chi connectivity index (χ4v) is 2.68. The van der Waals surface area contributed by atoms with Gasteiger partial charge in [0.15, 0.2) is 0 Å². The van der Waals surface area contributed by atoms with E-state index in [-0.39, 0.29) is 11.9 Å². The molecule has 0 saturated heterocycles. The van der Waals surface area contributed by atoms with E-state index in [1.165, 1.54) is 0 Å². The van der Waals surface area contributed by atoms with Crippen molar-refractivity contribution in [2.75, 3.05) is 12.0 Å². The largest absolute Gasteiger partial charge is 0.481 e. The molecule has 102 valence electrons. The number of carbonyl (C=O) groups excluding carboxylic acids is 1. The van der Waals surface area contributed by atoms with E-state index in [1.807, 2.05) is 25.3 Å². The summed E-state index contributed by atoms with van der Waals surface area (Å²) >= 11 is 1.74. The van der Waals surface area contributed by atoms with Gasteiger partial charge in [-0.15, -0.1) is 0 Å². The molecule has 0 bridgehead atoms. The third-order valence-electron chi connectivity index (χ3n) is 3.23. The van der Waals surface area contributed by atoms with Crippen LogP contribution in [-0.2, 0) is 9.59 Å². The topological polar surface area (TPSA) is 66.4 Å². The molecular weight excluding hydrogens is 250 g/mol. The van der Waals surface area contributed by atoms with Crippen molar-refractivity contribution in [3.8, 4) is 0 Å². The van der Waals surface area contributed by atoms with E-state index < -0.39 is 17.8 Å². The van der Waals surface area contributed by atoms with E-state index in [4.69, 9.17) is 5.11 Å². The lowest BCUT2D eigenvalue weighted by molar-refractivity contribution is -0.147. The average Bonchev–Trinajstić information content (AvgIpc) is 2.36. The maximum Gasteiger partial charge on any atom is 0.307 e. The van der Waals surface area contributed by atoms with Crippen LogP contribution in [0.15, 0.2) is 12.2 Å². The average molecular weight is 271 g/mol. The Morgan fingerprint density at radius 3 is 2.56 bits per heavy atom. The Balaban J connectivity index is 2.53. The number of carbonyl (C=O) groups is 2. The number of amides is 1. The zero-order valence-electron chi connectivity index (χ0n) is 10.9. The summed E-state index contributed by atoms with van der Waals surface area (Å²) in [5, 5.41) is 12.0. The summed E-state index contributed by atoms with van der Waals surface area (Å²) in [6.45, 7) is 1.96. The van der Waals surface area contributed by atoms with Crippen LogP contribution in [0.25, 0.3) is 0 Å². The number of hydrogen-bond donors (Lipinski definition) is 2. The van der Waals surface area contributed by atoms with Gasteiger partial charge in [-0.25, -0.2) is 0 Å².